The molecule has 0 aromatic heterocycles. The lowest BCUT2D eigenvalue weighted by atomic mass is 9.94. The first kappa shape index (κ1) is 9.43. The van der Waals surface area contributed by atoms with Crippen LogP contribution in [0.2, 0.25) is 0 Å². The van der Waals surface area contributed by atoms with E-state index in [9.17, 15) is 9.18 Å². The molecule has 0 aromatic rings. The predicted molar refractivity (Wildman–Crippen MR) is 46.7 cm³/mol. The summed E-state index contributed by atoms with van der Waals surface area (Å²) < 4.78 is 13.0. The van der Waals surface area contributed by atoms with Crippen LogP contribution in [-0.2, 0) is 4.79 Å². The molecule has 0 amide bonds. The minimum Gasteiger partial charge on any atom is -0.299 e. The molecule has 0 saturated heterocycles. The van der Waals surface area contributed by atoms with Crippen LogP contribution in [0.15, 0.2) is 12.2 Å². The van der Waals surface area contributed by atoms with E-state index in [1.807, 2.05) is 19.1 Å². The molecule has 2 heteroatoms. The molecule has 0 heterocycles. The van der Waals surface area contributed by atoms with Gasteiger partial charge in [-0.15, -0.1) is 0 Å². The van der Waals surface area contributed by atoms with Gasteiger partial charge in [-0.05, 0) is 19.3 Å². The fraction of sp³-hybridized carbons (Fsp3) is 0.700. The summed E-state index contributed by atoms with van der Waals surface area (Å²) in [6.07, 6.45) is 5.11. The van der Waals surface area contributed by atoms with E-state index in [-0.39, 0.29) is 11.7 Å². The normalized spacial score (nSPS) is 29.8. The number of Topliss-reactive ketones (excluding diaryl/α,β-unsaturated/α-hetero) is 1. The Morgan fingerprint density at radius 1 is 1.50 bits per heavy atom. The molecule has 12 heavy (non-hydrogen) atoms. The average molecular weight is 170 g/mol. The van der Waals surface area contributed by atoms with Crippen LogP contribution in [0.5, 0.6) is 0 Å². The Hall–Kier alpha value is -0.660. The highest BCUT2D eigenvalue weighted by Gasteiger charge is 2.21. The van der Waals surface area contributed by atoms with Gasteiger partial charge in [0.2, 0.25) is 0 Å². The molecule has 0 spiro atoms. The van der Waals surface area contributed by atoms with Gasteiger partial charge in [-0.3, -0.25) is 4.79 Å². The molecule has 2 atom stereocenters. The lowest BCUT2D eigenvalue weighted by Gasteiger charge is -2.12. The number of carbonyl (C=O) groups is 1. The van der Waals surface area contributed by atoms with Gasteiger partial charge in [0.15, 0.2) is 0 Å². The van der Waals surface area contributed by atoms with Crippen molar-refractivity contribution in [2.24, 2.45) is 5.92 Å². The van der Waals surface area contributed by atoms with E-state index < -0.39 is 6.17 Å². The summed E-state index contributed by atoms with van der Waals surface area (Å²) in [6.45, 7) is 1.84. The zero-order chi connectivity index (χ0) is 8.97. The first-order valence-corrected chi connectivity index (χ1v) is 4.55. The van der Waals surface area contributed by atoms with Gasteiger partial charge >= 0.3 is 0 Å². The van der Waals surface area contributed by atoms with Gasteiger partial charge in [0.1, 0.15) is 12.0 Å². The number of hydrogen-bond donors (Lipinski definition) is 0. The van der Waals surface area contributed by atoms with Crippen LogP contribution in [0.3, 0.4) is 0 Å². The Labute approximate surface area is 72.7 Å². The van der Waals surface area contributed by atoms with E-state index in [0.717, 1.165) is 6.42 Å². The Balaban J connectivity index is 2.53. The van der Waals surface area contributed by atoms with E-state index in [2.05, 4.69) is 0 Å². The summed E-state index contributed by atoms with van der Waals surface area (Å²) in [5, 5.41) is 0. The molecule has 0 aromatic carbocycles. The fourth-order valence-electron chi connectivity index (χ4n) is 1.56. The van der Waals surface area contributed by atoms with E-state index in [0.29, 0.717) is 19.3 Å². The summed E-state index contributed by atoms with van der Waals surface area (Å²) in [5.74, 6) is 0.132. The van der Waals surface area contributed by atoms with Crippen LogP contribution >= 0.6 is 0 Å². The first-order chi connectivity index (χ1) is 5.74. The molecule has 0 N–H and O–H groups in total. The summed E-state index contributed by atoms with van der Waals surface area (Å²) in [7, 11) is 0. The van der Waals surface area contributed by atoms with E-state index in [1.54, 1.807) is 0 Å². The second kappa shape index (κ2) is 4.39. The molecular formula is C10H15FO. The van der Waals surface area contributed by atoms with Crippen LogP contribution in [0.25, 0.3) is 0 Å². The summed E-state index contributed by atoms with van der Waals surface area (Å²) in [5.41, 5.74) is 0. The van der Waals surface area contributed by atoms with Crippen molar-refractivity contribution >= 4 is 5.78 Å². The third-order valence-electron chi connectivity index (χ3n) is 2.32. The monoisotopic (exact) mass is 170 g/mol. The highest BCUT2D eigenvalue weighted by Crippen LogP contribution is 2.22. The quantitative estimate of drug-likeness (QED) is 0.582. The van der Waals surface area contributed by atoms with Crippen molar-refractivity contribution in [1.29, 1.82) is 0 Å². The van der Waals surface area contributed by atoms with Gasteiger partial charge in [0, 0.05) is 12.3 Å². The number of carbonyl (C=O) groups excluding carboxylic acids is 1. The highest BCUT2D eigenvalue weighted by atomic mass is 19.1. The lowest BCUT2D eigenvalue weighted by molar-refractivity contribution is -0.123. The van der Waals surface area contributed by atoms with Gasteiger partial charge in [0.25, 0.3) is 0 Å². The van der Waals surface area contributed by atoms with Gasteiger partial charge < -0.3 is 0 Å². The van der Waals surface area contributed by atoms with E-state index >= 15 is 0 Å². The van der Waals surface area contributed by atoms with Crippen molar-refractivity contribution in [3.05, 3.63) is 12.2 Å². The van der Waals surface area contributed by atoms with Crippen LogP contribution in [-0.4, -0.2) is 12.0 Å². The van der Waals surface area contributed by atoms with Gasteiger partial charge in [-0.1, -0.05) is 19.1 Å². The van der Waals surface area contributed by atoms with Crippen molar-refractivity contribution in [3.63, 3.8) is 0 Å². The summed E-state index contributed by atoms with van der Waals surface area (Å²) in [4.78, 5) is 11.3. The second-order valence-corrected chi connectivity index (χ2v) is 3.29. The zero-order valence-corrected chi connectivity index (χ0v) is 7.42. The molecule has 1 aliphatic rings. The minimum atomic E-state index is -0.816. The van der Waals surface area contributed by atoms with E-state index in [1.165, 1.54) is 0 Å². The molecule has 0 saturated carbocycles. The molecular weight excluding hydrogens is 155 g/mol. The van der Waals surface area contributed by atoms with Crippen LogP contribution in [0.1, 0.15) is 32.6 Å². The standard InChI is InChI=1S/C10H15FO/c1-2-10(12)8-5-3-4-6-9(11)7-8/h3-4,8-9H,2,5-7H2,1H3/t8-,9-/m0/s1. The maximum atomic E-state index is 13.0. The number of halogens is 1. The maximum Gasteiger partial charge on any atom is 0.136 e. The number of alkyl halides is 1. The van der Waals surface area contributed by atoms with Crippen molar-refractivity contribution in [1.82, 2.24) is 0 Å². The molecule has 0 unspecified atom stereocenters. The van der Waals surface area contributed by atoms with Crippen LogP contribution in [0.4, 0.5) is 4.39 Å². The van der Waals surface area contributed by atoms with Gasteiger partial charge in [0.05, 0.1) is 0 Å². The third-order valence-corrected chi connectivity index (χ3v) is 2.32. The highest BCUT2D eigenvalue weighted by molar-refractivity contribution is 5.80. The largest absolute Gasteiger partial charge is 0.299 e. The molecule has 0 bridgehead atoms. The second-order valence-electron chi connectivity index (χ2n) is 3.29. The Bertz CT molecular complexity index is 186. The van der Waals surface area contributed by atoms with Crippen molar-refractivity contribution in [2.45, 2.75) is 38.8 Å². The maximum absolute atomic E-state index is 13.0. The minimum absolute atomic E-state index is 0.0660. The SMILES string of the molecule is CCC(=O)[C@H]1CC=CC[C@H](F)C1. The predicted octanol–water partition coefficient (Wildman–Crippen LogP) is 2.66. The molecule has 0 radical (unpaired) electrons. The fourth-order valence-corrected chi connectivity index (χ4v) is 1.56. The van der Waals surface area contributed by atoms with E-state index in [4.69, 9.17) is 0 Å². The molecule has 1 aliphatic carbocycles. The van der Waals surface area contributed by atoms with Crippen LogP contribution in [0, 0.1) is 5.92 Å². The molecule has 68 valence electrons. The smallest absolute Gasteiger partial charge is 0.136 e. The van der Waals surface area contributed by atoms with Crippen molar-refractivity contribution in [3.8, 4) is 0 Å². The summed E-state index contributed by atoms with van der Waals surface area (Å²) in [6, 6.07) is 0. The topological polar surface area (TPSA) is 17.1 Å². The Morgan fingerprint density at radius 2 is 2.17 bits per heavy atom. The number of rotatable bonds is 2. The zero-order valence-electron chi connectivity index (χ0n) is 7.42. The molecule has 0 aliphatic heterocycles. The average Bonchev–Trinajstić information content (AvgIpc) is 2.28. The lowest BCUT2D eigenvalue weighted by Crippen LogP contribution is -2.16. The molecule has 1 nitrogen and oxygen atoms in total. The number of allylic oxidation sites excluding steroid dienone is 2. The number of ketones is 1. The van der Waals surface area contributed by atoms with Crippen LogP contribution < -0.4 is 0 Å². The van der Waals surface area contributed by atoms with Gasteiger partial charge in [-0.2, -0.15) is 0 Å². The Morgan fingerprint density at radius 3 is 2.83 bits per heavy atom. The van der Waals surface area contributed by atoms with Crippen molar-refractivity contribution in [2.75, 3.05) is 0 Å². The Kier molecular flexibility index (Phi) is 3.45. The summed E-state index contributed by atoms with van der Waals surface area (Å²) >= 11 is 0. The number of hydrogen-bond acceptors (Lipinski definition) is 1. The first-order valence-electron chi connectivity index (χ1n) is 4.55. The van der Waals surface area contributed by atoms with Gasteiger partial charge in [-0.25, -0.2) is 4.39 Å². The van der Waals surface area contributed by atoms with Crippen molar-refractivity contribution < 1.29 is 9.18 Å². The molecule has 0 fully saturated rings. The third kappa shape index (κ3) is 2.43. The molecule has 1 rings (SSSR count).